The Morgan fingerprint density at radius 2 is 2.00 bits per heavy atom. The number of hydrogen-bond acceptors (Lipinski definition) is 2. The van der Waals surface area contributed by atoms with Gasteiger partial charge in [-0.2, -0.15) is 0 Å². The van der Waals surface area contributed by atoms with Crippen LogP contribution in [0, 0.1) is 11.8 Å². The molecule has 0 saturated carbocycles. The molecule has 3 atom stereocenters. The first-order chi connectivity index (χ1) is 10.6. The van der Waals surface area contributed by atoms with Crippen LogP contribution >= 0.6 is 11.6 Å². The maximum absolute atomic E-state index is 6.03. The highest BCUT2D eigenvalue weighted by atomic mass is 35.5. The van der Waals surface area contributed by atoms with Crippen molar-refractivity contribution in [3.05, 3.63) is 47.5 Å². The summed E-state index contributed by atoms with van der Waals surface area (Å²) in [6.45, 7) is 9.99. The van der Waals surface area contributed by atoms with Crippen LogP contribution in [0.3, 0.4) is 0 Å². The van der Waals surface area contributed by atoms with Gasteiger partial charge < -0.3 is 10.1 Å². The zero-order chi connectivity index (χ0) is 15.9. The van der Waals surface area contributed by atoms with Crippen molar-refractivity contribution in [2.75, 3.05) is 13.2 Å². The Kier molecular flexibility index (Phi) is 6.94. The summed E-state index contributed by atoms with van der Waals surface area (Å²) in [6.07, 6.45) is 5.31. The summed E-state index contributed by atoms with van der Waals surface area (Å²) >= 11 is 6.03. The monoisotopic (exact) mass is 321 g/mol. The van der Waals surface area contributed by atoms with Crippen molar-refractivity contribution in [2.24, 2.45) is 11.8 Å². The van der Waals surface area contributed by atoms with Crippen LogP contribution in [0.15, 0.2) is 36.9 Å². The number of ether oxygens (including phenoxy) is 1. The van der Waals surface area contributed by atoms with Crippen molar-refractivity contribution in [2.45, 2.75) is 45.2 Å². The fourth-order valence-corrected chi connectivity index (χ4v) is 3.13. The smallest absolute Gasteiger partial charge is 0.0622 e. The fraction of sp³-hybridized carbons (Fsp3) is 0.579. The molecule has 1 saturated heterocycles. The van der Waals surface area contributed by atoms with Gasteiger partial charge in [0.1, 0.15) is 0 Å². The number of benzene rings is 1. The van der Waals surface area contributed by atoms with Crippen LogP contribution in [0.25, 0.3) is 0 Å². The Morgan fingerprint density at radius 1 is 1.27 bits per heavy atom. The van der Waals surface area contributed by atoms with Crippen LogP contribution in [-0.4, -0.2) is 19.3 Å². The van der Waals surface area contributed by atoms with Gasteiger partial charge in [0.05, 0.1) is 6.61 Å². The zero-order valence-electron chi connectivity index (χ0n) is 13.7. The molecule has 1 heterocycles. The van der Waals surface area contributed by atoms with E-state index in [4.69, 9.17) is 16.3 Å². The molecule has 1 fully saturated rings. The van der Waals surface area contributed by atoms with Gasteiger partial charge in [-0.05, 0) is 48.8 Å². The van der Waals surface area contributed by atoms with Gasteiger partial charge in [-0.1, -0.05) is 43.7 Å². The van der Waals surface area contributed by atoms with Crippen molar-refractivity contribution >= 4 is 11.6 Å². The van der Waals surface area contributed by atoms with E-state index in [1.165, 1.54) is 5.56 Å². The number of hydrogen-bond donors (Lipinski definition) is 1. The average molecular weight is 322 g/mol. The highest BCUT2D eigenvalue weighted by Crippen LogP contribution is 2.27. The summed E-state index contributed by atoms with van der Waals surface area (Å²) in [7, 11) is 0. The molecule has 0 aromatic heterocycles. The molecule has 122 valence electrons. The molecule has 1 N–H and O–H groups in total. The van der Waals surface area contributed by atoms with E-state index in [-0.39, 0.29) is 0 Å². The second kappa shape index (κ2) is 8.71. The third kappa shape index (κ3) is 5.12. The van der Waals surface area contributed by atoms with Crippen molar-refractivity contribution in [3.8, 4) is 0 Å². The standard InChI is InChI=1S/C19H28ClNO/c1-4-5-15-6-11-18(16-7-9-17(20)10-8-16)21-19(14(2)3)13-22-12-15/h4,7-10,14-15,18-19,21H,1,5-6,11-13H2,2-3H3. The molecule has 0 amide bonds. The highest BCUT2D eigenvalue weighted by Gasteiger charge is 2.23. The molecule has 1 aliphatic rings. The summed E-state index contributed by atoms with van der Waals surface area (Å²) in [4.78, 5) is 0. The van der Waals surface area contributed by atoms with Gasteiger partial charge >= 0.3 is 0 Å². The van der Waals surface area contributed by atoms with Crippen LogP contribution < -0.4 is 5.32 Å². The maximum atomic E-state index is 6.03. The normalized spacial score (nSPS) is 27.0. The lowest BCUT2D eigenvalue weighted by molar-refractivity contribution is 0.0752. The van der Waals surface area contributed by atoms with Crippen LogP contribution in [0.1, 0.15) is 44.7 Å². The Balaban J connectivity index is 2.15. The summed E-state index contributed by atoms with van der Waals surface area (Å²) < 4.78 is 5.97. The van der Waals surface area contributed by atoms with E-state index in [2.05, 4.69) is 37.9 Å². The predicted octanol–water partition coefficient (Wildman–Crippen LogP) is 5.00. The predicted molar refractivity (Wildman–Crippen MR) is 94.3 cm³/mol. The van der Waals surface area contributed by atoms with Gasteiger partial charge in [0.25, 0.3) is 0 Å². The van der Waals surface area contributed by atoms with E-state index < -0.39 is 0 Å². The first kappa shape index (κ1) is 17.5. The number of allylic oxidation sites excluding steroid dienone is 1. The molecule has 2 nitrogen and oxygen atoms in total. The van der Waals surface area contributed by atoms with Crippen molar-refractivity contribution in [1.29, 1.82) is 0 Å². The second-order valence-corrected chi connectivity index (χ2v) is 7.06. The Morgan fingerprint density at radius 3 is 2.64 bits per heavy atom. The molecule has 3 heteroatoms. The van der Waals surface area contributed by atoms with Crippen molar-refractivity contribution in [3.63, 3.8) is 0 Å². The van der Waals surface area contributed by atoms with Crippen molar-refractivity contribution in [1.82, 2.24) is 5.32 Å². The van der Waals surface area contributed by atoms with E-state index >= 15 is 0 Å². The van der Waals surface area contributed by atoms with Gasteiger partial charge in [0.2, 0.25) is 0 Å². The minimum Gasteiger partial charge on any atom is -0.380 e. The van der Waals surface area contributed by atoms with E-state index in [0.29, 0.717) is 23.9 Å². The van der Waals surface area contributed by atoms with E-state index in [9.17, 15) is 0 Å². The van der Waals surface area contributed by atoms with Crippen LogP contribution in [-0.2, 0) is 4.74 Å². The summed E-state index contributed by atoms with van der Waals surface area (Å²) in [6, 6.07) is 8.97. The SMILES string of the molecule is C=CCC1CCC(c2ccc(Cl)cc2)NC(C(C)C)COC1. The number of rotatable bonds is 4. The molecular formula is C19H28ClNO. The van der Waals surface area contributed by atoms with Gasteiger partial charge in [-0.25, -0.2) is 0 Å². The number of nitrogens with one attached hydrogen (secondary N) is 1. The summed E-state index contributed by atoms with van der Waals surface area (Å²) in [5.41, 5.74) is 1.31. The van der Waals surface area contributed by atoms with E-state index in [1.807, 2.05) is 18.2 Å². The third-order valence-electron chi connectivity index (χ3n) is 4.51. The Bertz CT molecular complexity index is 457. The lowest BCUT2D eigenvalue weighted by Crippen LogP contribution is -2.40. The minimum atomic E-state index is 0.360. The fourth-order valence-electron chi connectivity index (χ4n) is 3.00. The molecular weight excluding hydrogens is 294 g/mol. The number of halogens is 1. The van der Waals surface area contributed by atoms with Crippen LogP contribution in [0.2, 0.25) is 5.02 Å². The molecule has 0 radical (unpaired) electrons. The quantitative estimate of drug-likeness (QED) is 0.788. The Labute approximate surface area is 139 Å². The molecule has 22 heavy (non-hydrogen) atoms. The lowest BCUT2D eigenvalue weighted by Gasteiger charge is -2.27. The molecule has 1 aromatic rings. The largest absolute Gasteiger partial charge is 0.380 e. The summed E-state index contributed by atoms with van der Waals surface area (Å²) in [5, 5.41) is 4.59. The molecule has 3 unspecified atom stereocenters. The second-order valence-electron chi connectivity index (χ2n) is 6.63. The topological polar surface area (TPSA) is 21.3 Å². The molecule has 0 bridgehead atoms. The molecule has 0 aliphatic carbocycles. The summed E-state index contributed by atoms with van der Waals surface area (Å²) in [5.74, 6) is 1.12. The molecule has 0 spiro atoms. The zero-order valence-corrected chi connectivity index (χ0v) is 14.5. The highest BCUT2D eigenvalue weighted by molar-refractivity contribution is 6.30. The molecule has 1 aromatic carbocycles. The van der Waals surface area contributed by atoms with Gasteiger partial charge in [-0.15, -0.1) is 6.58 Å². The van der Waals surface area contributed by atoms with Crippen LogP contribution in [0.4, 0.5) is 0 Å². The first-order valence-corrected chi connectivity index (χ1v) is 8.68. The first-order valence-electron chi connectivity index (χ1n) is 8.30. The van der Waals surface area contributed by atoms with Crippen LogP contribution in [0.5, 0.6) is 0 Å². The van der Waals surface area contributed by atoms with Gasteiger partial charge in [0, 0.05) is 23.7 Å². The van der Waals surface area contributed by atoms with E-state index in [1.54, 1.807) is 0 Å². The van der Waals surface area contributed by atoms with E-state index in [0.717, 1.165) is 37.5 Å². The average Bonchev–Trinajstić information content (AvgIpc) is 2.59. The van der Waals surface area contributed by atoms with Gasteiger partial charge in [0.15, 0.2) is 0 Å². The minimum absolute atomic E-state index is 0.360. The third-order valence-corrected chi connectivity index (χ3v) is 4.76. The van der Waals surface area contributed by atoms with Gasteiger partial charge in [-0.3, -0.25) is 0 Å². The molecule has 1 aliphatic heterocycles. The van der Waals surface area contributed by atoms with Crippen molar-refractivity contribution < 1.29 is 4.74 Å². The maximum Gasteiger partial charge on any atom is 0.0622 e. The lowest BCUT2D eigenvalue weighted by atomic mass is 9.93. The Hall–Kier alpha value is -0.830. The molecule has 2 rings (SSSR count).